The third-order valence-electron chi connectivity index (χ3n) is 3.94. The minimum absolute atomic E-state index is 0.250. The Morgan fingerprint density at radius 3 is 2.70 bits per heavy atom. The largest absolute Gasteiger partial charge is 0.494 e. The smallest absolute Gasteiger partial charge is 0.165 e. The highest BCUT2D eigenvalue weighted by atomic mass is 19.1. The molecule has 0 aromatic heterocycles. The number of nitrogens with one attached hydrogen (secondary N) is 1. The molecule has 0 aliphatic carbocycles. The van der Waals surface area contributed by atoms with Crippen LogP contribution in [0, 0.1) is 11.7 Å². The second kappa shape index (κ2) is 6.55. The molecule has 1 fully saturated rings. The van der Waals surface area contributed by atoms with Crippen LogP contribution in [0.4, 0.5) is 4.39 Å². The fourth-order valence-corrected chi connectivity index (χ4v) is 3.10. The van der Waals surface area contributed by atoms with Gasteiger partial charge in [-0.05, 0) is 30.5 Å². The molecule has 1 saturated heterocycles. The number of hydrogen-bond acceptors (Lipinski definition) is 3. The van der Waals surface area contributed by atoms with Crippen molar-refractivity contribution in [1.29, 1.82) is 0 Å². The van der Waals surface area contributed by atoms with Crippen molar-refractivity contribution in [2.24, 2.45) is 5.92 Å². The molecule has 112 valence electrons. The molecule has 0 radical (unpaired) electrons. The quantitative estimate of drug-likeness (QED) is 0.918. The molecule has 0 bridgehead atoms. The van der Waals surface area contributed by atoms with E-state index in [0.717, 1.165) is 25.2 Å². The highest BCUT2D eigenvalue weighted by molar-refractivity contribution is 5.31. The fraction of sp³-hybridized carbons (Fsp3) is 0.625. The Hall–Kier alpha value is -1.13. The lowest BCUT2D eigenvalue weighted by Crippen LogP contribution is -2.51. The summed E-state index contributed by atoms with van der Waals surface area (Å²) in [6.45, 7) is 9.57. The maximum absolute atomic E-state index is 14.0. The van der Waals surface area contributed by atoms with Crippen molar-refractivity contribution in [2.75, 3.05) is 26.7 Å². The molecule has 1 N–H and O–H groups in total. The lowest BCUT2D eigenvalue weighted by Gasteiger charge is -2.40. The molecule has 1 aromatic carbocycles. The van der Waals surface area contributed by atoms with Crippen LogP contribution in [0.15, 0.2) is 18.2 Å². The molecule has 0 spiro atoms. The summed E-state index contributed by atoms with van der Waals surface area (Å²) in [5, 5.41) is 3.45. The summed E-state index contributed by atoms with van der Waals surface area (Å²) in [5.74, 6) is 0.469. The summed E-state index contributed by atoms with van der Waals surface area (Å²) in [4.78, 5) is 2.45. The molecule has 0 amide bonds. The molecule has 1 aliphatic rings. The predicted molar refractivity (Wildman–Crippen MR) is 79.6 cm³/mol. The molecule has 4 heteroatoms. The summed E-state index contributed by atoms with van der Waals surface area (Å²) >= 11 is 0. The summed E-state index contributed by atoms with van der Waals surface area (Å²) in [5.41, 5.74) is 1.03. The van der Waals surface area contributed by atoms with Gasteiger partial charge >= 0.3 is 0 Å². The fourth-order valence-electron chi connectivity index (χ4n) is 3.10. The number of halogens is 1. The van der Waals surface area contributed by atoms with Gasteiger partial charge in [-0.3, -0.25) is 4.90 Å². The van der Waals surface area contributed by atoms with Gasteiger partial charge in [0.15, 0.2) is 11.6 Å². The highest BCUT2D eigenvalue weighted by Crippen LogP contribution is 2.31. The van der Waals surface area contributed by atoms with Crippen LogP contribution in [-0.4, -0.2) is 37.7 Å². The Labute approximate surface area is 121 Å². The van der Waals surface area contributed by atoms with E-state index < -0.39 is 0 Å². The average molecular weight is 280 g/mol. The second-order valence-electron chi connectivity index (χ2n) is 5.93. The molecule has 1 heterocycles. The van der Waals surface area contributed by atoms with E-state index in [0.29, 0.717) is 17.7 Å². The maximum Gasteiger partial charge on any atom is 0.165 e. The van der Waals surface area contributed by atoms with Crippen LogP contribution in [-0.2, 0) is 0 Å². The van der Waals surface area contributed by atoms with E-state index in [1.165, 1.54) is 7.11 Å². The number of benzene rings is 1. The Bertz CT molecular complexity index is 450. The first-order chi connectivity index (χ1) is 9.52. The number of ether oxygens (including phenoxy) is 1. The zero-order chi connectivity index (χ0) is 14.7. The van der Waals surface area contributed by atoms with Crippen molar-refractivity contribution in [1.82, 2.24) is 10.2 Å². The van der Waals surface area contributed by atoms with Crippen molar-refractivity contribution >= 4 is 0 Å². The van der Waals surface area contributed by atoms with Crippen LogP contribution >= 0.6 is 0 Å². The zero-order valence-electron chi connectivity index (χ0n) is 12.8. The van der Waals surface area contributed by atoms with E-state index >= 15 is 0 Å². The van der Waals surface area contributed by atoms with E-state index in [4.69, 9.17) is 4.74 Å². The number of piperazine rings is 1. The summed E-state index contributed by atoms with van der Waals surface area (Å²) in [6, 6.07) is 6.06. The lowest BCUT2D eigenvalue weighted by molar-refractivity contribution is 0.117. The minimum atomic E-state index is -0.279. The second-order valence-corrected chi connectivity index (χ2v) is 5.93. The van der Waals surface area contributed by atoms with Gasteiger partial charge in [0.05, 0.1) is 7.11 Å². The molecule has 20 heavy (non-hydrogen) atoms. The van der Waals surface area contributed by atoms with Gasteiger partial charge in [0.2, 0.25) is 0 Å². The average Bonchev–Trinajstić information content (AvgIpc) is 2.39. The molecule has 1 aromatic rings. The van der Waals surface area contributed by atoms with Crippen LogP contribution in [0.2, 0.25) is 0 Å². The van der Waals surface area contributed by atoms with Gasteiger partial charge in [-0.25, -0.2) is 4.39 Å². The Morgan fingerprint density at radius 2 is 2.15 bits per heavy atom. The van der Waals surface area contributed by atoms with E-state index in [2.05, 4.69) is 31.0 Å². The van der Waals surface area contributed by atoms with Crippen LogP contribution in [0.5, 0.6) is 5.75 Å². The van der Waals surface area contributed by atoms with Crippen LogP contribution in [0.3, 0.4) is 0 Å². The third-order valence-corrected chi connectivity index (χ3v) is 3.94. The predicted octanol–water partition coefficient (Wildman–Crippen LogP) is 2.83. The van der Waals surface area contributed by atoms with Gasteiger partial charge in [-0.1, -0.05) is 19.9 Å². The van der Waals surface area contributed by atoms with Crippen molar-refractivity contribution in [3.8, 4) is 5.75 Å². The number of methoxy groups -OCH3 is 1. The van der Waals surface area contributed by atoms with Crippen LogP contribution < -0.4 is 10.1 Å². The Kier molecular flexibility index (Phi) is 5.00. The Morgan fingerprint density at radius 1 is 1.40 bits per heavy atom. The van der Waals surface area contributed by atoms with Gasteiger partial charge in [0, 0.05) is 31.7 Å². The summed E-state index contributed by atoms with van der Waals surface area (Å²) < 4.78 is 19.0. The number of rotatable bonds is 4. The molecule has 3 nitrogen and oxygen atoms in total. The highest BCUT2D eigenvalue weighted by Gasteiger charge is 2.27. The van der Waals surface area contributed by atoms with Gasteiger partial charge in [-0.2, -0.15) is 0 Å². The van der Waals surface area contributed by atoms with Crippen molar-refractivity contribution in [3.63, 3.8) is 0 Å². The van der Waals surface area contributed by atoms with Crippen LogP contribution in [0.1, 0.15) is 32.4 Å². The number of hydrogen-bond donors (Lipinski definition) is 1. The van der Waals surface area contributed by atoms with Gasteiger partial charge < -0.3 is 10.1 Å². The van der Waals surface area contributed by atoms with Crippen molar-refractivity contribution < 1.29 is 9.13 Å². The topological polar surface area (TPSA) is 24.5 Å². The number of nitrogens with zero attached hydrogens (tertiary/aromatic N) is 1. The van der Waals surface area contributed by atoms with E-state index in [9.17, 15) is 4.39 Å². The first-order valence-corrected chi connectivity index (χ1v) is 7.33. The molecular weight excluding hydrogens is 255 g/mol. The maximum atomic E-state index is 14.0. The molecule has 2 atom stereocenters. The van der Waals surface area contributed by atoms with Gasteiger partial charge in [0.1, 0.15) is 0 Å². The van der Waals surface area contributed by atoms with E-state index in [1.807, 2.05) is 6.07 Å². The van der Waals surface area contributed by atoms with Crippen LogP contribution in [0.25, 0.3) is 0 Å². The monoisotopic (exact) mass is 280 g/mol. The lowest BCUT2D eigenvalue weighted by atomic mass is 9.93. The molecule has 1 aliphatic heterocycles. The SMILES string of the molecule is COc1ccc(C(C(C)C)N2CCNC(C)C2)cc1F. The third kappa shape index (κ3) is 3.30. The Balaban J connectivity index is 2.26. The summed E-state index contributed by atoms with van der Waals surface area (Å²) in [7, 11) is 1.50. The van der Waals surface area contributed by atoms with Gasteiger partial charge in [0.25, 0.3) is 0 Å². The normalized spacial score (nSPS) is 22.0. The first-order valence-electron chi connectivity index (χ1n) is 7.33. The molecular formula is C16H25FN2O. The molecule has 0 saturated carbocycles. The van der Waals surface area contributed by atoms with Crippen molar-refractivity contribution in [2.45, 2.75) is 32.9 Å². The summed E-state index contributed by atoms with van der Waals surface area (Å²) in [6.07, 6.45) is 0. The van der Waals surface area contributed by atoms with E-state index in [1.54, 1.807) is 12.1 Å². The zero-order valence-corrected chi connectivity index (χ0v) is 12.8. The van der Waals surface area contributed by atoms with Crippen molar-refractivity contribution in [3.05, 3.63) is 29.6 Å². The van der Waals surface area contributed by atoms with E-state index in [-0.39, 0.29) is 11.9 Å². The first kappa shape index (κ1) is 15.3. The minimum Gasteiger partial charge on any atom is -0.494 e. The standard InChI is InChI=1S/C16H25FN2O/c1-11(2)16(19-8-7-18-12(3)10-19)13-5-6-15(20-4)14(17)9-13/h5-6,9,11-12,16,18H,7-8,10H2,1-4H3. The van der Waals surface area contributed by atoms with Gasteiger partial charge in [-0.15, -0.1) is 0 Å². The molecule has 2 unspecified atom stereocenters. The molecule has 2 rings (SSSR count).